The second-order valence-electron chi connectivity index (χ2n) is 4.66. The van der Waals surface area contributed by atoms with Crippen LogP contribution >= 0.6 is 12.2 Å². The van der Waals surface area contributed by atoms with Crippen LogP contribution in [0.2, 0.25) is 0 Å². The van der Waals surface area contributed by atoms with Crippen LogP contribution in [0.25, 0.3) is 0 Å². The largest absolute Gasteiger partial charge is 0.378 e. The van der Waals surface area contributed by atoms with Crippen LogP contribution in [-0.4, -0.2) is 31.7 Å². The Bertz CT molecular complexity index is 514. The van der Waals surface area contributed by atoms with Crippen LogP contribution < -0.4 is 21.1 Å². The Hall–Kier alpha value is -2.08. The lowest BCUT2D eigenvalue weighted by Gasteiger charge is -2.14. The highest BCUT2D eigenvalue weighted by molar-refractivity contribution is 7.80. The molecule has 1 aromatic rings. The zero-order chi connectivity index (χ0) is 15.1. The van der Waals surface area contributed by atoms with E-state index in [0.717, 1.165) is 11.3 Å². The summed E-state index contributed by atoms with van der Waals surface area (Å²) in [5, 5.41) is 3.27. The monoisotopic (exact) mass is 292 g/mol. The van der Waals surface area contributed by atoms with Gasteiger partial charge < -0.3 is 10.2 Å². The smallest absolute Gasteiger partial charge is 0.269 e. The van der Waals surface area contributed by atoms with Crippen LogP contribution in [0.1, 0.15) is 17.3 Å². The normalized spacial score (nSPS) is 9.55. The molecular formula is C14H20N4OS. The second-order valence-corrected chi connectivity index (χ2v) is 5.07. The number of carbonyl (C=O) groups excluding carboxylic acids is 1. The molecule has 0 aliphatic heterocycles. The highest BCUT2D eigenvalue weighted by Crippen LogP contribution is 2.12. The van der Waals surface area contributed by atoms with Gasteiger partial charge in [-0.05, 0) is 37.3 Å². The summed E-state index contributed by atoms with van der Waals surface area (Å²) >= 11 is 5.02. The average Bonchev–Trinajstić information content (AvgIpc) is 2.42. The Balaban J connectivity index is 2.52. The fraction of sp³-hybridized carbons (Fsp3) is 0.286. The van der Waals surface area contributed by atoms with E-state index in [4.69, 9.17) is 12.2 Å². The number of benzene rings is 1. The molecule has 0 aliphatic carbocycles. The highest BCUT2D eigenvalue weighted by Gasteiger charge is 2.07. The number of nitrogens with one attached hydrogen (secondary N) is 3. The van der Waals surface area contributed by atoms with E-state index in [9.17, 15) is 4.79 Å². The quantitative estimate of drug-likeness (QED) is 0.445. The summed E-state index contributed by atoms with van der Waals surface area (Å²) in [6.07, 6.45) is 0. The lowest BCUT2D eigenvalue weighted by Crippen LogP contribution is -2.47. The Morgan fingerprint density at radius 3 is 2.65 bits per heavy atom. The number of hydrogen-bond acceptors (Lipinski definition) is 3. The standard InChI is InChI=1S/C14H20N4OS/c1-10(2)9-15-14(20)17-16-13(19)11-6-5-7-12(8-11)18(3)4/h5-8H,1,9H2,2-4H3,(H,16,19)(H2,15,17,20). The Morgan fingerprint density at radius 1 is 1.35 bits per heavy atom. The number of thiocarbonyl (C=S) groups is 1. The first-order valence-corrected chi connectivity index (χ1v) is 6.57. The number of rotatable bonds is 4. The molecule has 1 aromatic carbocycles. The molecule has 1 amide bonds. The first-order chi connectivity index (χ1) is 9.40. The fourth-order valence-electron chi connectivity index (χ4n) is 1.39. The molecule has 0 atom stereocenters. The number of anilines is 1. The van der Waals surface area contributed by atoms with Gasteiger partial charge in [0.05, 0.1) is 0 Å². The van der Waals surface area contributed by atoms with Crippen molar-refractivity contribution >= 4 is 28.9 Å². The average molecular weight is 292 g/mol. The summed E-state index contributed by atoms with van der Waals surface area (Å²) < 4.78 is 0. The van der Waals surface area contributed by atoms with Crippen LogP contribution in [0.4, 0.5) is 5.69 Å². The van der Waals surface area contributed by atoms with Crippen LogP contribution in [-0.2, 0) is 0 Å². The molecule has 1 rings (SSSR count). The molecule has 0 aliphatic rings. The zero-order valence-corrected chi connectivity index (χ0v) is 12.8. The van der Waals surface area contributed by atoms with Gasteiger partial charge in [-0.1, -0.05) is 18.2 Å². The van der Waals surface area contributed by atoms with Crippen molar-refractivity contribution in [1.29, 1.82) is 0 Å². The molecule has 0 fully saturated rings. The van der Waals surface area contributed by atoms with Gasteiger partial charge in [0.15, 0.2) is 5.11 Å². The summed E-state index contributed by atoms with van der Waals surface area (Å²) in [7, 11) is 3.85. The second kappa shape index (κ2) is 7.49. The lowest BCUT2D eigenvalue weighted by atomic mass is 10.2. The Labute approximate surface area is 125 Å². The van der Waals surface area contributed by atoms with Crippen LogP contribution in [0.5, 0.6) is 0 Å². The van der Waals surface area contributed by atoms with E-state index in [1.807, 2.05) is 38.1 Å². The van der Waals surface area contributed by atoms with Gasteiger partial charge in [-0.3, -0.25) is 15.6 Å². The van der Waals surface area contributed by atoms with Crippen molar-refractivity contribution in [3.63, 3.8) is 0 Å². The van der Waals surface area contributed by atoms with Crippen molar-refractivity contribution in [2.75, 3.05) is 25.5 Å². The Kier molecular flexibility index (Phi) is 5.99. The molecular weight excluding hydrogens is 272 g/mol. The Morgan fingerprint density at radius 2 is 2.05 bits per heavy atom. The van der Waals surface area contributed by atoms with Gasteiger partial charge in [-0.15, -0.1) is 0 Å². The van der Waals surface area contributed by atoms with E-state index in [1.165, 1.54) is 0 Å². The molecule has 0 unspecified atom stereocenters. The predicted octanol–water partition coefficient (Wildman–Crippen LogP) is 1.44. The molecule has 0 radical (unpaired) electrons. The summed E-state index contributed by atoms with van der Waals surface area (Å²) in [5.41, 5.74) is 7.68. The molecule has 3 N–H and O–H groups in total. The van der Waals surface area contributed by atoms with Crippen LogP contribution in [0, 0.1) is 0 Å². The van der Waals surface area contributed by atoms with E-state index < -0.39 is 0 Å². The molecule has 108 valence electrons. The summed E-state index contributed by atoms with van der Waals surface area (Å²) in [4.78, 5) is 13.9. The van der Waals surface area contributed by atoms with Crippen LogP contribution in [0.15, 0.2) is 36.4 Å². The number of hydrazine groups is 1. The number of carbonyl (C=O) groups is 1. The maximum absolute atomic E-state index is 12.0. The van der Waals surface area contributed by atoms with Gasteiger partial charge in [0.1, 0.15) is 0 Å². The molecule has 0 bridgehead atoms. The maximum Gasteiger partial charge on any atom is 0.269 e. The minimum Gasteiger partial charge on any atom is -0.378 e. The third kappa shape index (κ3) is 5.27. The van der Waals surface area contributed by atoms with Crippen molar-refractivity contribution in [2.24, 2.45) is 0 Å². The van der Waals surface area contributed by atoms with Gasteiger partial charge >= 0.3 is 0 Å². The highest BCUT2D eigenvalue weighted by atomic mass is 32.1. The fourth-order valence-corrected chi connectivity index (χ4v) is 1.51. The summed E-state index contributed by atoms with van der Waals surface area (Å²) in [6.45, 7) is 6.21. The molecule has 0 aromatic heterocycles. The summed E-state index contributed by atoms with van der Waals surface area (Å²) in [6, 6.07) is 7.32. The van der Waals surface area contributed by atoms with Gasteiger partial charge in [-0.2, -0.15) is 0 Å². The number of amides is 1. The van der Waals surface area contributed by atoms with Crippen molar-refractivity contribution in [2.45, 2.75) is 6.92 Å². The first-order valence-electron chi connectivity index (χ1n) is 6.16. The molecule has 0 saturated heterocycles. The number of hydrogen-bond donors (Lipinski definition) is 3. The third-order valence-corrected chi connectivity index (χ3v) is 2.71. The van der Waals surface area contributed by atoms with Gasteiger partial charge in [0.2, 0.25) is 0 Å². The zero-order valence-electron chi connectivity index (χ0n) is 12.0. The van der Waals surface area contributed by atoms with Gasteiger partial charge in [0.25, 0.3) is 5.91 Å². The maximum atomic E-state index is 12.0. The predicted molar refractivity (Wildman–Crippen MR) is 86.8 cm³/mol. The van der Waals surface area contributed by atoms with Crippen molar-refractivity contribution in [3.05, 3.63) is 42.0 Å². The molecule has 0 spiro atoms. The molecule has 5 nitrogen and oxygen atoms in total. The molecule has 6 heteroatoms. The minimum absolute atomic E-state index is 0.242. The molecule has 0 saturated carbocycles. The van der Waals surface area contributed by atoms with E-state index in [0.29, 0.717) is 17.2 Å². The van der Waals surface area contributed by atoms with E-state index in [-0.39, 0.29) is 5.91 Å². The number of nitrogens with zero attached hydrogens (tertiary/aromatic N) is 1. The van der Waals surface area contributed by atoms with Crippen LogP contribution in [0.3, 0.4) is 0 Å². The van der Waals surface area contributed by atoms with Crippen molar-refractivity contribution < 1.29 is 4.79 Å². The summed E-state index contributed by atoms with van der Waals surface area (Å²) in [5.74, 6) is -0.242. The van der Waals surface area contributed by atoms with Gasteiger partial charge in [-0.25, -0.2) is 0 Å². The van der Waals surface area contributed by atoms with E-state index in [2.05, 4.69) is 22.7 Å². The van der Waals surface area contributed by atoms with E-state index >= 15 is 0 Å². The topological polar surface area (TPSA) is 56.4 Å². The SMILES string of the molecule is C=C(C)CNC(=S)NNC(=O)c1cccc(N(C)C)c1. The van der Waals surface area contributed by atoms with Crippen molar-refractivity contribution in [3.8, 4) is 0 Å². The third-order valence-electron chi connectivity index (χ3n) is 2.47. The minimum atomic E-state index is -0.242. The molecule has 0 heterocycles. The first kappa shape index (κ1) is 16.0. The van der Waals surface area contributed by atoms with E-state index in [1.54, 1.807) is 12.1 Å². The van der Waals surface area contributed by atoms with Gasteiger partial charge in [0, 0.05) is 31.9 Å². The van der Waals surface area contributed by atoms with Crippen molar-refractivity contribution in [1.82, 2.24) is 16.2 Å². The molecule has 20 heavy (non-hydrogen) atoms. The lowest BCUT2D eigenvalue weighted by molar-refractivity contribution is 0.0944.